The molecule has 0 saturated heterocycles. The molecule has 0 atom stereocenters. The van der Waals surface area contributed by atoms with Crippen LogP contribution in [0.1, 0.15) is 22.3 Å². The van der Waals surface area contributed by atoms with E-state index in [1.807, 2.05) is 18.2 Å². The second kappa shape index (κ2) is 11.5. The Balaban J connectivity index is 1.09. The van der Waals surface area contributed by atoms with Crippen molar-refractivity contribution in [3.63, 3.8) is 0 Å². The van der Waals surface area contributed by atoms with Crippen LogP contribution in [-0.4, -0.2) is 15.0 Å². The Morgan fingerprint density at radius 2 is 0.755 bits per heavy atom. The van der Waals surface area contributed by atoms with Gasteiger partial charge in [0, 0.05) is 16.7 Å². The lowest BCUT2D eigenvalue weighted by Crippen LogP contribution is -2.25. The van der Waals surface area contributed by atoms with Crippen LogP contribution in [-0.2, 0) is 5.41 Å². The summed E-state index contributed by atoms with van der Waals surface area (Å²) in [6.45, 7) is 0. The van der Waals surface area contributed by atoms with Crippen LogP contribution in [0.5, 0.6) is 0 Å². The maximum atomic E-state index is 5.15. The second-order valence-electron chi connectivity index (χ2n) is 13.9. The highest BCUT2D eigenvalue weighted by molar-refractivity contribution is 5.97. The molecule has 0 aliphatic heterocycles. The van der Waals surface area contributed by atoms with Gasteiger partial charge in [-0.1, -0.05) is 176 Å². The largest absolute Gasteiger partial charge is 0.208 e. The minimum absolute atomic E-state index is 0.390. The van der Waals surface area contributed by atoms with Crippen molar-refractivity contribution in [2.75, 3.05) is 0 Å². The van der Waals surface area contributed by atoms with Gasteiger partial charge >= 0.3 is 0 Å². The Kier molecular flexibility index (Phi) is 6.47. The summed E-state index contributed by atoms with van der Waals surface area (Å²) in [5, 5.41) is 2.27. The summed E-state index contributed by atoms with van der Waals surface area (Å²) in [7, 11) is 0. The zero-order valence-electron chi connectivity index (χ0n) is 28.7. The normalized spacial score (nSPS) is 13.1. The predicted molar refractivity (Wildman–Crippen MR) is 215 cm³/mol. The Labute approximate surface area is 308 Å². The molecular weight excluding hydrogens is 643 g/mol. The summed E-state index contributed by atoms with van der Waals surface area (Å²) < 4.78 is 0. The molecule has 9 aromatic rings. The SMILES string of the molecule is c1ccc(-c2nc(-c3cccc(-c4ccc5c(c4)C4(c6ccccc6-c6ccccc64)c4ccccc4-5)c3)nc(-c3cccc4ccccc34)n2)cc1. The maximum Gasteiger partial charge on any atom is 0.164 e. The van der Waals surface area contributed by atoms with Crippen molar-refractivity contribution in [1.82, 2.24) is 15.0 Å². The highest BCUT2D eigenvalue weighted by Crippen LogP contribution is 2.63. The molecule has 0 unspecified atom stereocenters. The van der Waals surface area contributed by atoms with Gasteiger partial charge in [0.05, 0.1) is 5.41 Å². The Morgan fingerprint density at radius 1 is 0.283 bits per heavy atom. The second-order valence-corrected chi connectivity index (χ2v) is 13.9. The van der Waals surface area contributed by atoms with Crippen LogP contribution in [0.3, 0.4) is 0 Å². The quantitative estimate of drug-likeness (QED) is 0.187. The molecule has 2 aliphatic rings. The minimum atomic E-state index is -0.390. The summed E-state index contributed by atoms with van der Waals surface area (Å²) in [5.74, 6) is 1.96. The van der Waals surface area contributed by atoms with E-state index in [-0.39, 0.29) is 5.41 Å². The van der Waals surface area contributed by atoms with E-state index in [1.165, 1.54) is 44.5 Å². The minimum Gasteiger partial charge on any atom is -0.208 e. The molecule has 0 radical (unpaired) electrons. The number of rotatable bonds is 4. The van der Waals surface area contributed by atoms with Crippen LogP contribution >= 0.6 is 0 Å². The summed E-state index contributed by atoms with van der Waals surface area (Å²) in [5.41, 5.74) is 15.3. The van der Waals surface area contributed by atoms with Crippen molar-refractivity contribution >= 4 is 10.8 Å². The Hall–Kier alpha value is -6.97. The van der Waals surface area contributed by atoms with Crippen LogP contribution in [0.2, 0.25) is 0 Å². The molecule has 53 heavy (non-hydrogen) atoms. The first-order valence-corrected chi connectivity index (χ1v) is 18.1. The molecule has 0 fully saturated rings. The Morgan fingerprint density at radius 3 is 1.47 bits per heavy atom. The van der Waals surface area contributed by atoms with Crippen molar-refractivity contribution in [2.45, 2.75) is 5.41 Å². The zero-order chi connectivity index (χ0) is 34.9. The molecule has 11 rings (SSSR count). The van der Waals surface area contributed by atoms with E-state index < -0.39 is 0 Å². The van der Waals surface area contributed by atoms with Gasteiger partial charge in [-0.3, -0.25) is 0 Å². The predicted octanol–water partition coefficient (Wildman–Crippen LogP) is 12.0. The van der Waals surface area contributed by atoms with Gasteiger partial charge in [-0.05, 0) is 78.5 Å². The number of fused-ring (bicyclic) bond motifs is 11. The first kappa shape index (κ1) is 29.7. The van der Waals surface area contributed by atoms with Gasteiger partial charge in [0.15, 0.2) is 17.5 Å². The molecule has 0 amide bonds. The summed E-state index contributed by atoms with van der Waals surface area (Å²) in [6.07, 6.45) is 0. The fourth-order valence-corrected chi connectivity index (χ4v) is 8.87. The molecule has 8 aromatic carbocycles. The third-order valence-corrected chi connectivity index (χ3v) is 11.1. The van der Waals surface area contributed by atoms with E-state index in [1.54, 1.807) is 0 Å². The summed E-state index contributed by atoms with van der Waals surface area (Å²) in [6, 6.07) is 67.4. The average Bonchev–Trinajstić information content (AvgIpc) is 3.71. The van der Waals surface area contributed by atoms with Gasteiger partial charge < -0.3 is 0 Å². The van der Waals surface area contributed by atoms with E-state index in [2.05, 4.69) is 170 Å². The van der Waals surface area contributed by atoms with Crippen LogP contribution in [0.25, 0.3) is 78.3 Å². The van der Waals surface area contributed by atoms with Crippen molar-refractivity contribution in [3.05, 3.63) is 210 Å². The monoisotopic (exact) mass is 673 g/mol. The fourth-order valence-electron chi connectivity index (χ4n) is 8.87. The highest BCUT2D eigenvalue weighted by Gasteiger charge is 2.51. The topological polar surface area (TPSA) is 38.7 Å². The van der Waals surface area contributed by atoms with E-state index >= 15 is 0 Å². The standard InChI is InChI=1S/C50H31N3/c1-2-15-33(16-3-1)47-51-48(53-49(52-47)42-24-13-17-32-14-4-5-20-37(32)42)36-19-12-18-34(30-36)35-28-29-41-40-23-8-11-27-45(40)50(46(41)31-35)43-25-9-6-21-38(43)39-22-7-10-26-44(39)50/h1-31H. The lowest BCUT2D eigenvalue weighted by Gasteiger charge is -2.30. The third kappa shape index (κ3) is 4.38. The smallest absolute Gasteiger partial charge is 0.164 e. The van der Waals surface area contributed by atoms with Crippen molar-refractivity contribution in [3.8, 4) is 67.5 Å². The van der Waals surface area contributed by atoms with Gasteiger partial charge in [-0.25, -0.2) is 15.0 Å². The number of hydrogen-bond acceptors (Lipinski definition) is 3. The molecule has 3 nitrogen and oxygen atoms in total. The number of aromatic nitrogens is 3. The molecule has 1 heterocycles. The summed E-state index contributed by atoms with van der Waals surface area (Å²) in [4.78, 5) is 15.3. The van der Waals surface area contributed by atoms with Crippen molar-refractivity contribution in [1.29, 1.82) is 0 Å². The maximum absolute atomic E-state index is 5.15. The molecule has 0 bridgehead atoms. The molecule has 0 N–H and O–H groups in total. The van der Waals surface area contributed by atoms with Crippen LogP contribution < -0.4 is 0 Å². The van der Waals surface area contributed by atoms with E-state index in [4.69, 9.17) is 15.0 Å². The molecule has 1 spiro atoms. The van der Waals surface area contributed by atoms with Crippen LogP contribution in [0.4, 0.5) is 0 Å². The van der Waals surface area contributed by atoms with Gasteiger partial charge in [0.25, 0.3) is 0 Å². The zero-order valence-corrected chi connectivity index (χ0v) is 28.7. The number of nitrogens with zero attached hydrogens (tertiary/aromatic N) is 3. The highest BCUT2D eigenvalue weighted by atomic mass is 15.0. The molecule has 1 aromatic heterocycles. The molecule has 0 saturated carbocycles. The van der Waals surface area contributed by atoms with Crippen LogP contribution in [0.15, 0.2) is 188 Å². The van der Waals surface area contributed by atoms with Crippen molar-refractivity contribution in [2.24, 2.45) is 0 Å². The lowest BCUT2D eigenvalue weighted by molar-refractivity contribution is 0.794. The molecule has 2 aliphatic carbocycles. The number of hydrogen-bond donors (Lipinski definition) is 0. The van der Waals surface area contributed by atoms with Gasteiger partial charge in [0.2, 0.25) is 0 Å². The van der Waals surface area contributed by atoms with E-state index in [0.29, 0.717) is 17.5 Å². The number of benzene rings is 8. The molecule has 3 heteroatoms. The van der Waals surface area contributed by atoms with Crippen molar-refractivity contribution < 1.29 is 0 Å². The average molecular weight is 674 g/mol. The van der Waals surface area contributed by atoms with E-state index in [9.17, 15) is 0 Å². The third-order valence-electron chi connectivity index (χ3n) is 11.1. The molecule has 246 valence electrons. The fraction of sp³-hybridized carbons (Fsp3) is 0.0200. The van der Waals surface area contributed by atoms with Gasteiger partial charge in [0.1, 0.15) is 0 Å². The first-order chi connectivity index (χ1) is 26.3. The van der Waals surface area contributed by atoms with Gasteiger partial charge in [-0.15, -0.1) is 0 Å². The van der Waals surface area contributed by atoms with Crippen LogP contribution in [0, 0.1) is 0 Å². The van der Waals surface area contributed by atoms with E-state index in [0.717, 1.165) is 38.6 Å². The Bertz CT molecular complexity index is 2840. The molecular formula is C50H31N3. The van der Waals surface area contributed by atoms with Gasteiger partial charge in [-0.2, -0.15) is 0 Å². The lowest BCUT2D eigenvalue weighted by atomic mass is 9.70. The summed E-state index contributed by atoms with van der Waals surface area (Å²) >= 11 is 0. The first-order valence-electron chi connectivity index (χ1n) is 18.1.